The van der Waals surface area contributed by atoms with Crippen molar-refractivity contribution in [2.24, 2.45) is 0 Å². The topological polar surface area (TPSA) is 55.4 Å². The van der Waals surface area contributed by atoms with Gasteiger partial charge >= 0.3 is 0 Å². The van der Waals surface area contributed by atoms with E-state index in [1.54, 1.807) is 31.4 Å². The minimum absolute atomic E-state index is 0.172. The monoisotopic (exact) mass is 383 g/mol. The quantitative estimate of drug-likeness (QED) is 0.831. The predicted octanol–water partition coefficient (Wildman–Crippen LogP) is 3.42. The summed E-state index contributed by atoms with van der Waals surface area (Å²) >= 11 is 3.26. The molecule has 0 saturated carbocycles. The number of nitrogens with one attached hydrogen (secondary N) is 1. The summed E-state index contributed by atoms with van der Waals surface area (Å²) in [6, 6.07) is 14.5. The second-order valence-electron chi connectivity index (χ2n) is 4.86. The molecule has 0 heterocycles. The van der Waals surface area contributed by atoms with Crippen LogP contribution in [-0.4, -0.2) is 22.1 Å². The van der Waals surface area contributed by atoms with Crippen molar-refractivity contribution in [3.63, 3.8) is 0 Å². The minimum atomic E-state index is -3.59. The number of rotatable bonds is 6. The van der Waals surface area contributed by atoms with Gasteiger partial charge < -0.3 is 4.74 Å². The molecule has 118 valence electrons. The second-order valence-corrected chi connectivity index (χ2v) is 7.45. The number of hydrogen-bond donors (Lipinski definition) is 1. The highest BCUT2D eigenvalue weighted by Crippen LogP contribution is 2.23. The van der Waals surface area contributed by atoms with Crippen LogP contribution in [0.2, 0.25) is 0 Å². The molecule has 0 unspecified atom stereocenters. The van der Waals surface area contributed by atoms with Crippen LogP contribution in [0.4, 0.5) is 0 Å². The van der Waals surface area contributed by atoms with Crippen molar-refractivity contribution in [3.05, 3.63) is 64.1 Å². The summed E-state index contributed by atoms with van der Waals surface area (Å²) in [7, 11) is -2.02. The Morgan fingerprint density at radius 3 is 2.41 bits per heavy atom. The molecule has 1 atom stereocenters. The molecule has 0 spiro atoms. The van der Waals surface area contributed by atoms with Crippen molar-refractivity contribution in [2.75, 3.05) is 13.7 Å². The first kappa shape index (κ1) is 17.1. The maximum atomic E-state index is 12.4. The molecule has 2 rings (SSSR count). The van der Waals surface area contributed by atoms with E-state index in [1.165, 1.54) is 0 Å². The van der Waals surface area contributed by atoms with E-state index in [0.717, 1.165) is 11.1 Å². The Morgan fingerprint density at radius 1 is 1.14 bits per heavy atom. The molecule has 1 N–H and O–H groups in total. The number of hydrogen-bond acceptors (Lipinski definition) is 3. The van der Waals surface area contributed by atoms with Crippen LogP contribution in [-0.2, 0) is 14.8 Å². The summed E-state index contributed by atoms with van der Waals surface area (Å²) in [5.74, 6) is 0. The molecule has 0 amide bonds. The van der Waals surface area contributed by atoms with Gasteiger partial charge in [0.05, 0.1) is 11.0 Å². The average Bonchev–Trinajstić information content (AvgIpc) is 2.49. The Kier molecular flexibility index (Phi) is 5.74. The predicted molar refractivity (Wildman–Crippen MR) is 90.3 cm³/mol. The van der Waals surface area contributed by atoms with Gasteiger partial charge in [-0.3, -0.25) is 0 Å². The van der Waals surface area contributed by atoms with Crippen molar-refractivity contribution < 1.29 is 13.2 Å². The van der Waals surface area contributed by atoms with Gasteiger partial charge in [-0.1, -0.05) is 36.4 Å². The zero-order chi connectivity index (χ0) is 16.2. The number of methoxy groups -OCH3 is 1. The smallest absolute Gasteiger partial charge is 0.241 e. The van der Waals surface area contributed by atoms with Crippen molar-refractivity contribution >= 4 is 26.0 Å². The third-order valence-corrected chi connectivity index (χ3v) is 5.84. The van der Waals surface area contributed by atoms with Crippen LogP contribution in [0.5, 0.6) is 0 Å². The molecule has 0 aromatic heterocycles. The minimum Gasteiger partial charge on any atom is -0.375 e. The van der Waals surface area contributed by atoms with E-state index in [0.29, 0.717) is 4.47 Å². The largest absolute Gasteiger partial charge is 0.375 e. The molecule has 22 heavy (non-hydrogen) atoms. The van der Waals surface area contributed by atoms with E-state index in [9.17, 15) is 8.42 Å². The molecule has 0 radical (unpaired) electrons. The van der Waals surface area contributed by atoms with Gasteiger partial charge in [-0.2, -0.15) is 0 Å². The molecule has 6 heteroatoms. The summed E-state index contributed by atoms with van der Waals surface area (Å²) in [5.41, 5.74) is 2.04. The normalized spacial score (nSPS) is 13.0. The molecule has 2 aromatic carbocycles. The zero-order valence-electron chi connectivity index (χ0n) is 12.4. The van der Waals surface area contributed by atoms with Crippen molar-refractivity contribution in [1.82, 2.24) is 4.72 Å². The molecule has 0 saturated heterocycles. The number of sulfonamides is 1. The average molecular weight is 384 g/mol. The number of ether oxygens (including phenoxy) is 1. The van der Waals surface area contributed by atoms with E-state index in [4.69, 9.17) is 4.74 Å². The van der Waals surface area contributed by atoms with Gasteiger partial charge in [0.15, 0.2) is 0 Å². The Labute approximate surface area is 139 Å². The van der Waals surface area contributed by atoms with Crippen molar-refractivity contribution in [2.45, 2.75) is 17.9 Å². The van der Waals surface area contributed by atoms with Gasteiger partial charge in [-0.25, -0.2) is 13.1 Å². The van der Waals surface area contributed by atoms with Crippen LogP contribution in [0.3, 0.4) is 0 Å². The third kappa shape index (κ3) is 3.95. The number of benzene rings is 2. The van der Waals surface area contributed by atoms with Crippen LogP contribution in [0.25, 0.3) is 0 Å². The Hall–Kier alpha value is -1.21. The lowest BCUT2D eigenvalue weighted by Crippen LogP contribution is -2.29. The molecule has 0 aliphatic carbocycles. The zero-order valence-corrected chi connectivity index (χ0v) is 14.8. The lowest BCUT2D eigenvalue weighted by Gasteiger charge is -2.19. The summed E-state index contributed by atoms with van der Waals surface area (Å²) in [6.07, 6.45) is -0.335. The molecular weight excluding hydrogens is 366 g/mol. The fourth-order valence-electron chi connectivity index (χ4n) is 2.19. The first-order valence-electron chi connectivity index (χ1n) is 6.78. The standard InChI is InChI=1S/C16H18BrNO3S/c1-12-7-3-4-8-13(12)15(21-2)11-18-22(19,20)16-10-6-5-9-14(16)17/h3-10,15,18H,11H2,1-2H3/t15-/m0/s1. The fraction of sp³-hybridized carbons (Fsp3) is 0.250. The van der Waals surface area contributed by atoms with Crippen molar-refractivity contribution in [3.8, 4) is 0 Å². The summed E-state index contributed by atoms with van der Waals surface area (Å²) in [5, 5.41) is 0. The lowest BCUT2D eigenvalue weighted by molar-refractivity contribution is 0.107. The maximum Gasteiger partial charge on any atom is 0.241 e. The summed E-state index contributed by atoms with van der Waals surface area (Å²) in [4.78, 5) is 0.217. The Balaban J connectivity index is 2.17. The van der Waals surface area contributed by atoms with E-state index >= 15 is 0 Å². The third-order valence-electron chi connectivity index (χ3n) is 3.40. The van der Waals surface area contributed by atoms with E-state index in [1.807, 2.05) is 31.2 Å². The van der Waals surface area contributed by atoms with E-state index in [2.05, 4.69) is 20.7 Å². The first-order valence-corrected chi connectivity index (χ1v) is 9.06. The highest BCUT2D eigenvalue weighted by Gasteiger charge is 2.20. The SMILES string of the molecule is CO[C@@H](CNS(=O)(=O)c1ccccc1Br)c1ccccc1C. The molecule has 0 bridgehead atoms. The van der Waals surface area contributed by atoms with E-state index in [-0.39, 0.29) is 17.5 Å². The summed E-state index contributed by atoms with van der Waals surface area (Å²) < 4.78 is 33.4. The van der Waals surface area contributed by atoms with Crippen LogP contribution in [0.15, 0.2) is 57.9 Å². The highest BCUT2D eigenvalue weighted by molar-refractivity contribution is 9.10. The molecule has 0 aliphatic rings. The van der Waals surface area contributed by atoms with Crippen molar-refractivity contribution in [1.29, 1.82) is 0 Å². The van der Waals surface area contributed by atoms with Crippen LogP contribution >= 0.6 is 15.9 Å². The van der Waals surface area contributed by atoms with Gasteiger partial charge in [0.25, 0.3) is 0 Å². The fourth-order valence-corrected chi connectivity index (χ4v) is 4.23. The Bertz CT molecular complexity index is 747. The molecule has 0 aliphatic heterocycles. The maximum absolute atomic E-state index is 12.4. The molecule has 2 aromatic rings. The van der Waals surface area contributed by atoms with Crippen LogP contribution in [0.1, 0.15) is 17.2 Å². The van der Waals surface area contributed by atoms with Gasteiger partial charge in [0.1, 0.15) is 0 Å². The number of aryl methyl sites for hydroxylation is 1. The Morgan fingerprint density at radius 2 is 1.77 bits per heavy atom. The first-order chi connectivity index (χ1) is 10.5. The molecular formula is C16H18BrNO3S. The van der Waals surface area contributed by atoms with Crippen LogP contribution < -0.4 is 4.72 Å². The second kappa shape index (κ2) is 7.37. The van der Waals surface area contributed by atoms with Gasteiger partial charge in [-0.15, -0.1) is 0 Å². The van der Waals surface area contributed by atoms with Gasteiger partial charge in [0.2, 0.25) is 10.0 Å². The lowest BCUT2D eigenvalue weighted by atomic mass is 10.0. The number of halogens is 1. The highest BCUT2D eigenvalue weighted by atomic mass is 79.9. The van der Waals surface area contributed by atoms with Gasteiger partial charge in [-0.05, 0) is 46.1 Å². The van der Waals surface area contributed by atoms with Crippen LogP contribution in [0, 0.1) is 6.92 Å². The molecule has 0 fully saturated rings. The summed E-state index contributed by atoms with van der Waals surface area (Å²) in [6.45, 7) is 2.15. The van der Waals surface area contributed by atoms with E-state index < -0.39 is 10.0 Å². The molecule has 4 nitrogen and oxygen atoms in total. The van der Waals surface area contributed by atoms with Gasteiger partial charge in [0, 0.05) is 18.1 Å².